The molecule has 0 atom stereocenters. The molecule has 8 nitrogen and oxygen atoms in total. The molecule has 0 fully saturated rings. The van der Waals surface area contributed by atoms with E-state index in [2.05, 4.69) is 15.8 Å². The predicted molar refractivity (Wildman–Crippen MR) is 110 cm³/mol. The first-order chi connectivity index (χ1) is 14.1. The summed E-state index contributed by atoms with van der Waals surface area (Å²) in [5.74, 6) is 0.273. The molecule has 0 bridgehead atoms. The number of rotatable bonds is 9. The monoisotopic (exact) mass is 399 g/mol. The van der Waals surface area contributed by atoms with Crippen LogP contribution in [-0.4, -0.2) is 45.4 Å². The van der Waals surface area contributed by atoms with E-state index >= 15 is 0 Å². The van der Waals surface area contributed by atoms with E-state index in [1.165, 1.54) is 6.21 Å². The van der Waals surface area contributed by atoms with Gasteiger partial charge in [0.2, 0.25) is 0 Å². The van der Waals surface area contributed by atoms with Crippen LogP contribution in [0.4, 0.5) is 0 Å². The molecule has 0 aliphatic carbocycles. The number of carbonyl (C=O) groups excluding carboxylic acids is 2. The lowest BCUT2D eigenvalue weighted by molar-refractivity contribution is -0.139. The molecular formula is C21H25N3O5. The van der Waals surface area contributed by atoms with Crippen molar-refractivity contribution in [3.63, 3.8) is 0 Å². The van der Waals surface area contributed by atoms with Crippen molar-refractivity contribution in [2.24, 2.45) is 5.10 Å². The molecule has 0 saturated heterocycles. The molecule has 8 heteroatoms. The molecule has 0 radical (unpaired) electrons. The minimum Gasteiger partial charge on any atom is -0.493 e. The molecule has 2 aromatic carbocycles. The normalized spacial score (nSPS) is 10.4. The van der Waals surface area contributed by atoms with Crippen LogP contribution in [0.1, 0.15) is 18.1 Å². The molecule has 0 unspecified atom stereocenters. The van der Waals surface area contributed by atoms with E-state index in [0.717, 1.165) is 5.56 Å². The zero-order valence-corrected chi connectivity index (χ0v) is 16.7. The molecule has 0 heterocycles. The second kappa shape index (κ2) is 11.3. The van der Waals surface area contributed by atoms with Crippen LogP contribution < -0.4 is 25.0 Å². The molecule has 2 rings (SSSR count). The Balaban J connectivity index is 1.82. The fourth-order valence-electron chi connectivity index (χ4n) is 2.52. The first-order valence-corrected chi connectivity index (χ1v) is 9.13. The highest BCUT2D eigenvalue weighted by atomic mass is 16.5. The van der Waals surface area contributed by atoms with Gasteiger partial charge in [-0.1, -0.05) is 18.2 Å². The Kier molecular flexibility index (Phi) is 8.50. The van der Waals surface area contributed by atoms with Gasteiger partial charge in [-0.15, -0.1) is 0 Å². The zero-order valence-electron chi connectivity index (χ0n) is 16.7. The molecule has 0 aliphatic rings. The number of nitrogens with zero attached hydrogens (tertiary/aromatic N) is 1. The van der Waals surface area contributed by atoms with Crippen LogP contribution >= 0.6 is 0 Å². The summed E-state index contributed by atoms with van der Waals surface area (Å²) in [6.07, 6.45) is 1.96. The van der Waals surface area contributed by atoms with Crippen molar-refractivity contribution in [1.82, 2.24) is 10.7 Å². The lowest BCUT2D eigenvalue weighted by Crippen LogP contribution is -2.38. The Morgan fingerprint density at radius 3 is 2.48 bits per heavy atom. The predicted octanol–water partition coefficient (Wildman–Crippen LogP) is 1.91. The molecule has 154 valence electrons. The molecule has 0 aliphatic heterocycles. The van der Waals surface area contributed by atoms with Gasteiger partial charge in [0, 0.05) is 12.1 Å². The third kappa shape index (κ3) is 6.53. The Hall–Kier alpha value is -3.55. The number of methoxy groups -OCH3 is 2. The maximum Gasteiger partial charge on any atom is 0.329 e. The van der Waals surface area contributed by atoms with Gasteiger partial charge in [-0.2, -0.15) is 5.10 Å². The molecule has 2 aromatic rings. The van der Waals surface area contributed by atoms with E-state index in [9.17, 15) is 9.59 Å². The number of hydrazone groups is 1. The third-order valence-corrected chi connectivity index (χ3v) is 3.94. The number of carbonyl (C=O) groups is 2. The van der Waals surface area contributed by atoms with E-state index in [4.69, 9.17) is 14.2 Å². The highest BCUT2D eigenvalue weighted by molar-refractivity contribution is 6.35. The van der Waals surface area contributed by atoms with Crippen LogP contribution in [0, 0.1) is 0 Å². The molecular weight excluding hydrogens is 374 g/mol. The largest absolute Gasteiger partial charge is 0.493 e. The van der Waals surface area contributed by atoms with Crippen molar-refractivity contribution in [2.45, 2.75) is 13.3 Å². The molecule has 0 spiro atoms. The van der Waals surface area contributed by atoms with Gasteiger partial charge in [-0.3, -0.25) is 9.59 Å². The average molecular weight is 399 g/mol. The first kappa shape index (κ1) is 21.7. The average Bonchev–Trinajstić information content (AvgIpc) is 2.74. The van der Waals surface area contributed by atoms with Crippen LogP contribution in [-0.2, 0) is 16.0 Å². The Bertz CT molecular complexity index is 867. The summed E-state index contributed by atoms with van der Waals surface area (Å²) in [5, 5.41) is 6.37. The highest BCUT2D eigenvalue weighted by Crippen LogP contribution is 2.27. The van der Waals surface area contributed by atoms with Crippen LogP contribution in [0.3, 0.4) is 0 Å². The van der Waals surface area contributed by atoms with E-state index in [-0.39, 0.29) is 0 Å². The molecule has 2 N–H and O–H groups in total. The number of benzene rings is 2. The Morgan fingerprint density at radius 2 is 1.76 bits per heavy atom. The van der Waals surface area contributed by atoms with E-state index in [1.807, 2.05) is 31.2 Å². The minimum atomic E-state index is -0.845. The molecule has 29 heavy (non-hydrogen) atoms. The van der Waals surface area contributed by atoms with Gasteiger partial charge in [0.15, 0.2) is 11.5 Å². The summed E-state index contributed by atoms with van der Waals surface area (Å²) in [4.78, 5) is 23.8. The summed E-state index contributed by atoms with van der Waals surface area (Å²) in [6, 6.07) is 12.7. The van der Waals surface area contributed by atoms with Gasteiger partial charge in [0.05, 0.1) is 27.0 Å². The number of amides is 2. The van der Waals surface area contributed by atoms with E-state index in [1.54, 1.807) is 32.4 Å². The topological polar surface area (TPSA) is 98.2 Å². The number of para-hydroxylation sites is 1. The van der Waals surface area contributed by atoms with Gasteiger partial charge in [0.25, 0.3) is 0 Å². The molecule has 2 amide bonds. The maximum atomic E-state index is 11.9. The van der Waals surface area contributed by atoms with Crippen LogP contribution in [0.15, 0.2) is 47.6 Å². The number of ether oxygens (including phenoxy) is 3. The van der Waals surface area contributed by atoms with Crippen LogP contribution in [0.2, 0.25) is 0 Å². The summed E-state index contributed by atoms with van der Waals surface area (Å²) in [6.45, 7) is 2.68. The Labute approximate surface area is 169 Å². The molecule has 0 saturated carbocycles. The fraction of sp³-hybridized carbons (Fsp3) is 0.286. The standard InChI is InChI=1S/C21H25N3O5/c1-4-29-17-8-6-5-7-16(17)14-23-24-21(26)20(25)22-12-11-15-9-10-18(27-2)19(13-15)28-3/h5-10,13-14H,4,11-12H2,1-3H3,(H,22,25)(H,24,26)/b23-14+. The lowest BCUT2D eigenvalue weighted by atomic mass is 10.1. The maximum absolute atomic E-state index is 11.9. The third-order valence-electron chi connectivity index (χ3n) is 3.94. The molecule has 0 aromatic heterocycles. The number of nitrogens with one attached hydrogen (secondary N) is 2. The first-order valence-electron chi connectivity index (χ1n) is 9.13. The lowest BCUT2D eigenvalue weighted by Gasteiger charge is -2.10. The van der Waals surface area contributed by atoms with Crippen molar-refractivity contribution in [2.75, 3.05) is 27.4 Å². The summed E-state index contributed by atoms with van der Waals surface area (Å²) >= 11 is 0. The second-order valence-corrected chi connectivity index (χ2v) is 5.87. The summed E-state index contributed by atoms with van der Waals surface area (Å²) in [7, 11) is 3.12. The van der Waals surface area contributed by atoms with Crippen LogP contribution in [0.25, 0.3) is 0 Å². The van der Waals surface area contributed by atoms with E-state index in [0.29, 0.717) is 42.4 Å². The Morgan fingerprint density at radius 1 is 1.00 bits per heavy atom. The van der Waals surface area contributed by atoms with Gasteiger partial charge < -0.3 is 19.5 Å². The van der Waals surface area contributed by atoms with Crippen molar-refractivity contribution < 1.29 is 23.8 Å². The summed E-state index contributed by atoms with van der Waals surface area (Å²) in [5.41, 5.74) is 3.85. The van der Waals surface area contributed by atoms with Gasteiger partial charge in [-0.05, 0) is 43.2 Å². The van der Waals surface area contributed by atoms with Crippen molar-refractivity contribution in [3.8, 4) is 17.2 Å². The van der Waals surface area contributed by atoms with Crippen molar-refractivity contribution in [3.05, 3.63) is 53.6 Å². The minimum absolute atomic E-state index is 0.290. The van der Waals surface area contributed by atoms with Gasteiger partial charge in [-0.25, -0.2) is 5.43 Å². The zero-order chi connectivity index (χ0) is 21.1. The number of hydrogen-bond donors (Lipinski definition) is 2. The van der Waals surface area contributed by atoms with Crippen LogP contribution in [0.5, 0.6) is 17.2 Å². The quantitative estimate of drug-likeness (QED) is 0.381. The SMILES string of the molecule is CCOc1ccccc1/C=N/NC(=O)C(=O)NCCc1ccc(OC)c(OC)c1. The highest BCUT2D eigenvalue weighted by Gasteiger charge is 2.12. The smallest absolute Gasteiger partial charge is 0.329 e. The summed E-state index contributed by atoms with van der Waals surface area (Å²) < 4.78 is 15.9. The van der Waals surface area contributed by atoms with Crippen molar-refractivity contribution >= 4 is 18.0 Å². The van der Waals surface area contributed by atoms with E-state index < -0.39 is 11.8 Å². The number of hydrogen-bond acceptors (Lipinski definition) is 6. The fourth-order valence-corrected chi connectivity index (χ4v) is 2.52. The van der Waals surface area contributed by atoms with Gasteiger partial charge >= 0.3 is 11.8 Å². The van der Waals surface area contributed by atoms with Gasteiger partial charge in [0.1, 0.15) is 5.75 Å². The second-order valence-electron chi connectivity index (χ2n) is 5.87. The van der Waals surface area contributed by atoms with Crippen molar-refractivity contribution in [1.29, 1.82) is 0 Å².